The number of nitriles is 1. The number of nitrogens with zero attached hydrogens (tertiary/aromatic N) is 1. The lowest BCUT2D eigenvalue weighted by Gasteiger charge is -2.11. The van der Waals surface area contributed by atoms with E-state index in [4.69, 9.17) is 10.00 Å². The van der Waals surface area contributed by atoms with E-state index in [0.29, 0.717) is 17.2 Å². The number of hydrogen-bond donors (Lipinski definition) is 1. The van der Waals surface area contributed by atoms with Crippen LogP contribution in [0.5, 0.6) is 5.75 Å². The molecule has 0 spiro atoms. The molecule has 2 rings (SSSR count). The Balaban J connectivity index is 1.96. The van der Waals surface area contributed by atoms with Gasteiger partial charge in [0.2, 0.25) is 0 Å². The summed E-state index contributed by atoms with van der Waals surface area (Å²) in [5.41, 5.74) is 0.677. The largest absolute Gasteiger partial charge is 0.483 e. The highest BCUT2D eigenvalue weighted by molar-refractivity contribution is 9.11. The van der Waals surface area contributed by atoms with E-state index in [1.54, 1.807) is 12.1 Å². The molecule has 1 amide bonds. The van der Waals surface area contributed by atoms with Crippen LogP contribution >= 0.6 is 43.6 Å². The van der Waals surface area contributed by atoms with E-state index in [1.807, 2.05) is 30.3 Å². The fourth-order valence-electron chi connectivity index (χ4n) is 1.73. The number of thioether (sulfide) groups is 1. The van der Waals surface area contributed by atoms with Crippen LogP contribution in [0.2, 0.25) is 0 Å². The van der Waals surface area contributed by atoms with Crippen molar-refractivity contribution in [1.29, 1.82) is 5.26 Å². The van der Waals surface area contributed by atoms with E-state index in [1.165, 1.54) is 11.8 Å². The summed E-state index contributed by atoms with van der Waals surface area (Å²) in [5, 5.41) is 11.5. The van der Waals surface area contributed by atoms with Gasteiger partial charge in [0.1, 0.15) is 5.75 Å². The highest BCUT2D eigenvalue weighted by atomic mass is 79.9. The number of halogens is 2. The fourth-order valence-corrected chi connectivity index (χ4v) is 3.56. The highest BCUT2D eigenvalue weighted by Gasteiger charge is 2.09. The number of anilines is 1. The molecule has 0 fully saturated rings. The molecule has 0 saturated heterocycles. The lowest BCUT2D eigenvalue weighted by atomic mass is 10.3. The molecule has 0 aromatic heterocycles. The van der Waals surface area contributed by atoms with E-state index in [-0.39, 0.29) is 12.5 Å². The topological polar surface area (TPSA) is 62.1 Å². The Labute approximate surface area is 155 Å². The number of carbonyl (C=O) groups excluding carboxylic acids is 1. The molecule has 0 saturated carbocycles. The van der Waals surface area contributed by atoms with Crippen molar-refractivity contribution in [3.05, 3.63) is 51.4 Å². The van der Waals surface area contributed by atoms with Crippen molar-refractivity contribution >= 4 is 55.2 Å². The molecule has 4 nitrogen and oxygen atoms in total. The summed E-state index contributed by atoms with van der Waals surface area (Å²) in [7, 11) is 0. The average Bonchev–Trinajstić information content (AvgIpc) is 2.53. The second kappa shape index (κ2) is 8.96. The van der Waals surface area contributed by atoms with Crippen LogP contribution in [0, 0.1) is 11.3 Å². The van der Waals surface area contributed by atoms with Crippen LogP contribution in [0.1, 0.15) is 0 Å². The molecule has 0 heterocycles. The molecule has 0 aliphatic rings. The van der Waals surface area contributed by atoms with Crippen molar-refractivity contribution in [3.8, 4) is 11.8 Å². The third-order valence-electron chi connectivity index (χ3n) is 2.71. The van der Waals surface area contributed by atoms with Gasteiger partial charge in [0.25, 0.3) is 5.91 Å². The molecule has 1 N–H and O–H groups in total. The number of carbonyl (C=O) groups is 1. The van der Waals surface area contributed by atoms with Gasteiger partial charge < -0.3 is 10.1 Å². The van der Waals surface area contributed by atoms with Gasteiger partial charge in [0.05, 0.1) is 22.0 Å². The third kappa shape index (κ3) is 5.57. The van der Waals surface area contributed by atoms with Crippen LogP contribution in [0.15, 0.2) is 56.3 Å². The zero-order valence-corrected chi connectivity index (χ0v) is 15.9. The van der Waals surface area contributed by atoms with E-state index in [0.717, 1.165) is 13.8 Å². The average molecular weight is 456 g/mol. The Morgan fingerprint density at radius 3 is 2.78 bits per heavy atom. The molecule has 23 heavy (non-hydrogen) atoms. The summed E-state index contributed by atoms with van der Waals surface area (Å²) in [5.74, 6) is 0.662. The second-order valence-electron chi connectivity index (χ2n) is 4.35. The van der Waals surface area contributed by atoms with Gasteiger partial charge in [-0.2, -0.15) is 5.26 Å². The smallest absolute Gasteiger partial charge is 0.262 e. The normalized spacial score (nSPS) is 9.96. The fraction of sp³-hybridized carbons (Fsp3) is 0.125. The lowest BCUT2D eigenvalue weighted by molar-refractivity contribution is -0.118. The molecule has 0 aliphatic heterocycles. The van der Waals surface area contributed by atoms with Crippen molar-refractivity contribution in [1.82, 2.24) is 0 Å². The molecule has 0 atom stereocenters. The standard InChI is InChI=1S/C16H12Br2N2O2S/c17-11-5-6-14(12(18)9-11)22-10-16(21)20-13-3-1-2-4-15(13)23-8-7-19/h1-6,9H,8,10H2,(H,20,21). The first-order chi connectivity index (χ1) is 11.1. The van der Waals surface area contributed by atoms with Crippen molar-refractivity contribution in [2.75, 3.05) is 17.7 Å². The van der Waals surface area contributed by atoms with Gasteiger partial charge in [-0.15, -0.1) is 11.8 Å². The summed E-state index contributed by atoms with van der Waals surface area (Å²) in [4.78, 5) is 12.9. The third-order valence-corrected chi connectivity index (χ3v) is 4.76. The predicted molar refractivity (Wildman–Crippen MR) is 98.7 cm³/mol. The van der Waals surface area contributed by atoms with Gasteiger partial charge in [-0.1, -0.05) is 28.1 Å². The number of rotatable bonds is 6. The monoisotopic (exact) mass is 454 g/mol. The Kier molecular flexibility index (Phi) is 6.96. The molecular formula is C16H12Br2N2O2S. The number of hydrogen-bond acceptors (Lipinski definition) is 4. The number of amides is 1. The van der Waals surface area contributed by atoms with Crippen molar-refractivity contribution in [2.45, 2.75) is 4.90 Å². The maximum Gasteiger partial charge on any atom is 0.262 e. The van der Waals surface area contributed by atoms with Crippen molar-refractivity contribution in [3.63, 3.8) is 0 Å². The lowest BCUT2D eigenvalue weighted by Crippen LogP contribution is -2.20. The Morgan fingerprint density at radius 2 is 2.04 bits per heavy atom. The van der Waals surface area contributed by atoms with E-state index in [2.05, 4.69) is 43.2 Å². The molecule has 2 aromatic carbocycles. The van der Waals surface area contributed by atoms with Crippen molar-refractivity contribution < 1.29 is 9.53 Å². The summed E-state index contributed by atoms with van der Waals surface area (Å²) >= 11 is 8.12. The SMILES string of the molecule is N#CCSc1ccccc1NC(=O)COc1ccc(Br)cc1Br. The minimum atomic E-state index is -0.259. The Bertz CT molecular complexity index is 747. The molecule has 7 heteroatoms. The molecule has 0 unspecified atom stereocenters. The number of para-hydroxylation sites is 1. The second-order valence-corrected chi connectivity index (χ2v) is 7.14. The Hall–Kier alpha value is -1.49. The Morgan fingerprint density at radius 1 is 1.26 bits per heavy atom. The summed E-state index contributed by atoms with van der Waals surface area (Å²) < 4.78 is 7.20. The number of nitrogens with one attached hydrogen (secondary N) is 1. The number of ether oxygens (including phenoxy) is 1. The first-order valence-corrected chi connectivity index (χ1v) is 9.14. The molecule has 0 aliphatic carbocycles. The van der Waals surface area contributed by atoms with Crippen molar-refractivity contribution in [2.24, 2.45) is 0 Å². The van der Waals surface area contributed by atoms with Crippen LogP contribution in [0.3, 0.4) is 0 Å². The van der Waals surface area contributed by atoms with Crippen LogP contribution in [0.4, 0.5) is 5.69 Å². The molecule has 0 bridgehead atoms. The predicted octanol–water partition coefficient (Wildman–Crippen LogP) is 4.84. The minimum absolute atomic E-state index is 0.0997. The molecule has 0 radical (unpaired) electrons. The van der Waals surface area contributed by atoms with Gasteiger partial charge in [0, 0.05) is 9.37 Å². The molecular weight excluding hydrogens is 444 g/mol. The zero-order chi connectivity index (χ0) is 16.7. The quantitative estimate of drug-likeness (QED) is 0.632. The highest BCUT2D eigenvalue weighted by Crippen LogP contribution is 2.29. The minimum Gasteiger partial charge on any atom is -0.483 e. The van der Waals surface area contributed by atoms with Crippen LogP contribution in [0.25, 0.3) is 0 Å². The van der Waals surface area contributed by atoms with E-state index in [9.17, 15) is 4.79 Å². The van der Waals surface area contributed by atoms with Gasteiger partial charge >= 0.3 is 0 Å². The van der Waals surface area contributed by atoms with Gasteiger partial charge in [0.15, 0.2) is 6.61 Å². The summed E-state index contributed by atoms with van der Waals surface area (Å²) in [6.45, 7) is -0.0997. The van der Waals surface area contributed by atoms with Gasteiger partial charge in [-0.3, -0.25) is 4.79 Å². The van der Waals surface area contributed by atoms with E-state index >= 15 is 0 Å². The van der Waals surface area contributed by atoms with Crippen LogP contribution in [-0.2, 0) is 4.79 Å². The number of benzene rings is 2. The molecule has 2 aromatic rings. The van der Waals surface area contributed by atoms with Gasteiger partial charge in [-0.25, -0.2) is 0 Å². The van der Waals surface area contributed by atoms with E-state index < -0.39 is 0 Å². The molecule has 118 valence electrons. The van der Waals surface area contributed by atoms with Crippen LogP contribution in [-0.4, -0.2) is 18.3 Å². The summed E-state index contributed by atoms with van der Waals surface area (Å²) in [6.07, 6.45) is 0. The first kappa shape index (κ1) is 17.9. The summed E-state index contributed by atoms with van der Waals surface area (Å²) in [6, 6.07) is 14.9. The zero-order valence-electron chi connectivity index (χ0n) is 11.9. The first-order valence-electron chi connectivity index (χ1n) is 6.56. The maximum atomic E-state index is 12.1. The maximum absolute atomic E-state index is 12.1. The van der Waals surface area contributed by atoms with Gasteiger partial charge in [-0.05, 0) is 46.3 Å². The van der Waals surface area contributed by atoms with Crippen LogP contribution < -0.4 is 10.1 Å².